The van der Waals surface area contributed by atoms with E-state index in [-0.39, 0.29) is 18.2 Å². The zero-order chi connectivity index (χ0) is 30.3. The second-order valence-corrected chi connectivity index (χ2v) is 14.4. The predicted octanol–water partition coefficient (Wildman–Crippen LogP) is 4.66. The summed E-state index contributed by atoms with van der Waals surface area (Å²) in [5, 5.41) is 12.6. The lowest BCUT2D eigenvalue weighted by atomic mass is 9.93. The number of hydrogen-bond acceptors (Lipinski definition) is 7. The first-order valence-electron chi connectivity index (χ1n) is 13.9. The number of nitrogens with zero attached hydrogens (tertiary/aromatic N) is 1. The Bertz CT molecular complexity index is 1500. The number of benzene rings is 3. The third kappa shape index (κ3) is 8.67. The number of carboxylic acids is 1. The molecular formula is C32H38N2O6S2. The molecule has 2 N–H and O–H groups in total. The maximum absolute atomic E-state index is 13.4. The largest absolute Gasteiger partial charge is 0.480 e. The first-order valence-corrected chi connectivity index (χ1v) is 16.8. The minimum absolute atomic E-state index is 0.213. The maximum Gasteiger partial charge on any atom is 0.326 e. The van der Waals surface area contributed by atoms with Crippen LogP contribution < -0.4 is 5.32 Å². The number of aryl methyl sites for hydroxylation is 1. The van der Waals surface area contributed by atoms with E-state index < -0.39 is 27.8 Å². The average molecular weight is 611 g/mol. The van der Waals surface area contributed by atoms with Crippen LogP contribution in [-0.2, 0) is 25.9 Å². The van der Waals surface area contributed by atoms with Gasteiger partial charge in [0.05, 0.1) is 12.4 Å². The molecule has 1 aliphatic rings. The third-order valence-corrected chi connectivity index (χ3v) is 9.62. The van der Waals surface area contributed by atoms with Crippen molar-refractivity contribution in [3.63, 3.8) is 0 Å². The summed E-state index contributed by atoms with van der Waals surface area (Å²) >= 11 is 1.88. The second-order valence-electron chi connectivity index (χ2n) is 10.8. The van der Waals surface area contributed by atoms with Gasteiger partial charge in [-0.3, -0.25) is 9.69 Å². The predicted molar refractivity (Wildman–Crippen MR) is 167 cm³/mol. The molecular weight excluding hydrogens is 572 g/mol. The first-order chi connectivity index (χ1) is 20.0. The van der Waals surface area contributed by atoms with E-state index in [1.54, 1.807) is 13.2 Å². The zero-order valence-corrected chi connectivity index (χ0v) is 25.8. The minimum Gasteiger partial charge on any atom is -0.480 e. The topological polar surface area (TPSA) is 113 Å². The van der Waals surface area contributed by atoms with Gasteiger partial charge in [0.25, 0.3) is 5.91 Å². The second kappa shape index (κ2) is 14.3. The highest BCUT2D eigenvalue weighted by molar-refractivity contribution is 8.00. The van der Waals surface area contributed by atoms with Gasteiger partial charge in [-0.1, -0.05) is 48.5 Å². The summed E-state index contributed by atoms with van der Waals surface area (Å²) in [5.74, 6) is -2.17. The molecule has 1 aliphatic heterocycles. The summed E-state index contributed by atoms with van der Waals surface area (Å²) in [6.45, 7) is 4.17. The molecule has 0 saturated carbocycles. The molecule has 0 bridgehead atoms. The Labute approximate surface area is 252 Å². The highest BCUT2D eigenvalue weighted by atomic mass is 32.2. The van der Waals surface area contributed by atoms with Crippen LogP contribution in [0.2, 0.25) is 0 Å². The van der Waals surface area contributed by atoms with Gasteiger partial charge in [0.2, 0.25) is 0 Å². The van der Waals surface area contributed by atoms with Crippen molar-refractivity contribution >= 4 is 33.5 Å². The SMILES string of the molecule is COC[C@H]1CC(Sc2ccccc2)CN1Cc1ccc(C(=O)N[C@@H](CCS(C)(=O)=O)C(=O)O)c(-c2ccccc2C)c1. The van der Waals surface area contributed by atoms with Crippen LogP contribution >= 0.6 is 11.8 Å². The summed E-state index contributed by atoms with van der Waals surface area (Å²) in [6, 6.07) is 22.7. The number of methoxy groups -OCH3 is 1. The molecule has 0 aromatic heterocycles. The molecule has 3 aromatic carbocycles. The van der Waals surface area contributed by atoms with Crippen molar-refractivity contribution in [2.24, 2.45) is 0 Å². The van der Waals surface area contributed by atoms with Gasteiger partial charge in [0.1, 0.15) is 15.9 Å². The van der Waals surface area contributed by atoms with Gasteiger partial charge in [0.15, 0.2) is 0 Å². The molecule has 1 saturated heterocycles. The molecule has 3 aromatic rings. The number of aliphatic carboxylic acids is 1. The number of hydrogen-bond donors (Lipinski definition) is 2. The van der Waals surface area contributed by atoms with Crippen molar-refractivity contribution < 1.29 is 27.9 Å². The number of amides is 1. The van der Waals surface area contributed by atoms with Crippen molar-refractivity contribution in [2.45, 2.75) is 48.5 Å². The number of carbonyl (C=O) groups excluding carboxylic acids is 1. The van der Waals surface area contributed by atoms with Crippen molar-refractivity contribution in [3.05, 3.63) is 89.5 Å². The number of sulfone groups is 1. The lowest BCUT2D eigenvalue weighted by Gasteiger charge is -2.24. The third-order valence-electron chi connectivity index (χ3n) is 7.42. The smallest absolute Gasteiger partial charge is 0.326 e. The number of ether oxygens (including phenoxy) is 1. The van der Waals surface area contributed by atoms with E-state index in [0.717, 1.165) is 35.9 Å². The standard InChI is InChI=1S/C32H38N2O6S2/c1-22-9-7-8-12-27(22)29-17-23(13-14-28(29)31(35)33-30(32(36)37)15-16-42(3,38)39)19-34-20-26(18-24(34)21-40-2)41-25-10-5-4-6-11-25/h4-14,17,24,26,30H,15-16,18-21H2,1-3H3,(H,33,35)(H,36,37)/t24-,26?,30+/m1/s1. The number of carboxylic acid groups (broad SMARTS) is 1. The molecule has 1 fully saturated rings. The van der Waals surface area contributed by atoms with Gasteiger partial charge in [-0.05, 0) is 66.3 Å². The van der Waals surface area contributed by atoms with E-state index >= 15 is 0 Å². The number of thioether (sulfide) groups is 1. The number of rotatable bonds is 13. The minimum atomic E-state index is -3.39. The van der Waals surface area contributed by atoms with Crippen molar-refractivity contribution in [1.82, 2.24) is 10.2 Å². The molecule has 0 spiro atoms. The summed E-state index contributed by atoms with van der Waals surface area (Å²) in [7, 11) is -1.67. The number of carbonyl (C=O) groups is 2. The van der Waals surface area contributed by atoms with Crippen molar-refractivity contribution in [1.29, 1.82) is 0 Å². The molecule has 1 heterocycles. The van der Waals surface area contributed by atoms with Gasteiger partial charge >= 0.3 is 5.97 Å². The van der Waals surface area contributed by atoms with E-state index in [0.29, 0.717) is 29.5 Å². The summed E-state index contributed by atoms with van der Waals surface area (Å²) in [4.78, 5) is 29.0. The number of likely N-dealkylation sites (tertiary alicyclic amines) is 1. The lowest BCUT2D eigenvalue weighted by molar-refractivity contribution is -0.139. The highest BCUT2D eigenvalue weighted by Gasteiger charge is 2.33. The molecule has 3 atom stereocenters. The average Bonchev–Trinajstić information content (AvgIpc) is 3.31. The van der Waals surface area contributed by atoms with E-state index in [4.69, 9.17) is 4.74 Å². The van der Waals surface area contributed by atoms with Crippen LogP contribution in [0.5, 0.6) is 0 Å². The van der Waals surface area contributed by atoms with Gasteiger partial charge in [-0.2, -0.15) is 0 Å². The molecule has 0 radical (unpaired) electrons. The first kappa shape index (κ1) is 31.7. The summed E-state index contributed by atoms with van der Waals surface area (Å²) in [6.07, 6.45) is 1.83. The Hall–Kier alpha value is -3.18. The molecule has 1 amide bonds. The Morgan fingerprint density at radius 2 is 1.79 bits per heavy atom. The molecule has 4 rings (SSSR count). The summed E-state index contributed by atoms with van der Waals surface area (Å²) in [5.41, 5.74) is 3.93. The summed E-state index contributed by atoms with van der Waals surface area (Å²) < 4.78 is 28.8. The van der Waals surface area contributed by atoms with Crippen LogP contribution in [0.3, 0.4) is 0 Å². The van der Waals surface area contributed by atoms with Crippen LogP contribution in [-0.4, -0.2) is 79.9 Å². The van der Waals surface area contributed by atoms with E-state index in [1.807, 2.05) is 61.2 Å². The van der Waals surface area contributed by atoms with Gasteiger partial charge in [-0.15, -0.1) is 11.8 Å². The zero-order valence-electron chi connectivity index (χ0n) is 24.2. The lowest BCUT2D eigenvalue weighted by Crippen LogP contribution is -2.42. The van der Waals surface area contributed by atoms with Crippen LogP contribution in [0.25, 0.3) is 11.1 Å². The Morgan fingerprint density at radius 3 is 2.45 bits per heavy atom. The Morgan fingerprint density at radius 1 is 1.07 bits per heavy atom. The van der Waals surface area contributed by atoms with Crippen LogP contribution in [0.4, 0.5) is 0 Å². The monoisotopic (exact) mass is 610 g/mol. The van der Waals surface area contributed by atoms with E-state index in [2.05, 4.69) is 34.5 Å². The van der Waals surface area contributed by atoms with Gasteiger partial charge < -0.3 is 15.2 Å². The van der Waals surface area contributed by atoms with E-state index in [9.17, 15) is 23.1 Å². The molecule has 1 unspecified atom stereocenters. The molecule has 42 heavy (non-hydrogen) atoms. The maximum atomic E-state index is 13.4. The van der Waals surface area contributed by atoms with Gasteiger partial charge in [0, 0.05) is 48.2 Å². The normalized spacial score (nSPS) is 18.1. The fourth-order valence-electron chi connectivity index (χ4n) is 5.32. The number of nitrogens with one attached hydrogen (secondary N) is 1. The molecule has 10 heteroatoms. The van der Waals surface area contributed by atoms with Crippen molar-refractivity contribution in [3.8, 4) is 11.1 Å². The molecule has 8 nitrogen and oxygen atoms in total. The molecule has 224 valence electrons. The Balaban J connectivity index is 1.60. The Kier molecular flexibility index (Phi) is 10.8. The van der Waals surface area contributed by atoms with Crippen LogP contribution in [0.15, 0.2) is 77.7 Å². The quantitative estimate of drug-likeness (QED) is 0.287. The fraction of sp³-hybridized carbons (Fsp3) is 0.375. The van der Waals surface area contributed by atoms with E-state index in [1.165, 1.54) is 4.90 Å². The molecule has 0 aliphatic carbocycles. The van der Waals surface area contributed by atoms with Crippen molar-refractivity contribution in [2.75, 3.05) is 32.3 Å². The van der Waals surface area contributed by atoms with Gasteiger partial charge in [-0.25, -0.2) is 13.2 Å². The highest BCUT2D eigenvalue weighted by Crippen LogP contribution is 2.35. The van der Waals surface area contributed by atoms with Crippen LogP contribution in [0.1, 0.15) is 34.3 Å². The van der Waals surface area contributed by atoms with Crippen LogP contribution in [0, 0.1) is 6.92 Å². The fourth-order valence-corrected chi connectivity index (χ4v) is 7.27.